The summed E-state index contributed by atoms with van der Waals surface area (Å²) in [6, 6.07) is 23.5. The van der Waals surface area contributed by atoms with Gasteiger partial charge in [-0.2, -0.15) is 0 Å². The third-order valence-corrected chi connectivity index (χ3v) is 5.68. The van der Waals surface area contributed by atoms with Gasteiger partial charge in [0.2, 0.25) is 0 Å². The van der Waals surface area contributed by atoms with Crippen LogP contribution in [0, 0.1) is 0 Å². The van der Waals surface area contributed by atoms with Gasteiger partial charge in [-0.3, -0.25) is 4.79 Å². The number of nitrogen functional groups attached to an aromatic ring is 2. The summed E-state index contributed by atoms with van der Waals surface area (Å²) >= 11 is 0. The van der Waals surface area contributed by atoms with Gasteiger partial charge in [-0.05, 0) is 36.4 Å². The molecular formula is C29H31N5O4. The highest BCUT2D eigenvalue weighted by atomic mass is 16.5. The van der Waals surface area contributed by atoms with Gasteiger partial charge < -0.3 is 36.3 Å². The Balaban J connectivity index is 1.50. The molecule has 0 aliphatic heterocycles. The van der Waals surface area contributed by atoms with Gasteiger partial charge in [0.25, 0.3) is 5.91 Å². The lowest BCUT2D eigenvalue weighted by Crippen LogP contribution is -2.14. The van der Waals surface area contributed by atoms with Crippen molar-refractivity contribution in [2.75, 3.05) is 42.4 Å². The molecule has 3 aromatic carbocycles. The molecule has 6 N–H and O–H groups in total. The molecule has 4 aromatic rings. The Bertz CT molecular complexity index is 1290. The Labute approximate surface area is 221 Å². The molecule has 0 aliphatic carbocycles. The first-order chi connectivity index (χ1) is 18.5. The van der Waals surface area contributed by atoms with Crippen LogP contribution in [0.25, 0.3) is 0 Å². The number of amides is 1. The molecule has 0 spiro atoms. The molecule has 0 saturated heterocycles. The number of hydrogen-bond donors (Lipinski definition) is 4. The van der Waals surface area contributed by atoms with Crippen LogP contribution in [0.3, 0.4) is 0 Å². The fourth-order valence-corrected chi connectivity index (χ4v) is 3.58. The van der Waals surface area contributed by atoms with Crippen molar-refractivity contribution in [3.63, 3.8) is 0 Å². The summed E-state index contributed by atoms with van der Waals surface area (Å²) in [6.07, 6.45) is 1.65. The van der Waals surface area contributed by atoms with Crippen LogP contribution in [0.1, 0.15) is 21.5 Å². The molecule has 9 nitrogen and oxygen atoms in total. The number of ether oxygens (including phenoxy) is 3. The topological polar surface area (TPSA) is 134 Å². The highest BCUT2D eigenvalue weighted by Crippen LogP contribution is 2.27. The van der Waals surface area contributed by atoms with Gasteiger partial charge in [0, 0.05) is 47.8 Å². The van der Waals surface area contributed by atoms with E-state index in [-0.39, 0.29) is 19.1 Å². The molecule has 1 aromatic heterocycles. The summed E-state index contributed by atoms with van der Waals surface area (Å²) in [5.74, 6) is 0.978. The number of carbonyl (C=O) groups excluding carboxylic acids is 1. The molecule has 1 heterocycles. The molecular weight excluding hydrogens is 482 g/mol. The highest BCUT2D eigenvalue weighted by Gasteiger charge is 2.13. The fraction of sp³-hybridized carbons (Fsp3) is 0.172. The first kappa shape index (κ1) is 26.3. The SMILES string of the molecule is COCCNc1ccc(NC(=O)c2cc(OCc3ccccc3N)cc(OCc3ccccc3N)c2)nc1. The summed E-state index contributed by atoms with van der Waals surface area (Å²) in [5.41, 5.74) is 16.2. The maximum atomic E-state index is 13.1. The number of nitrogens with zero attached hydrogens (tertiary/aromatic N) is 1. The van der Waals surface area contributed by atoms with Gasteiger partial charge in [0.1, 0.15) is 30.5 Å². The van der Waals surface area contributed by atoms with Crippen molar-refractivity contribution in [2.24, 2.45) is 0 Å². The molecule has 38 heavy (non-hydrogen) atoms. The molecule has 0 unspecified atom stereocenters. The molecule has 196 valence electrons. The predicted octanol–water partition coefficient (Wildman–Crippen LogP) is 4.71. The van der Waals surface area contributed by atoms with Crippen molar-refractivity contribution in [3.8, 4) is 11.5 Å². The minimum atomic E-state index is -0.355. The fourth-order valence-electron chi connectivity index (χ4n) is 3.58. The maximum absolute atomic E-state index is 13.1. The van der Waals surface area contributed by atoms with E-state index in [1.807, 2.05) is 54.6 Å². The Kier molecular flexibility index (Phi) is 8.98. The minimum Gasteiger partial charge on any atom is -0.489 e. The largest absolute Gasteiger partial charge is 0.489 e. The van der Waals surface area contributed by atoms with Crippen LogP contribution in [0.2, 0.25) is 0 Å². The minimum absolute atomic E-state index is 0.238. The molecule has 0 atom stereocenters. The molecule has 0 radical (unpaired) electrons. The first-order valence-electron chi connectivity index (χ1n) is 12.1. The van der Waals surface area contributed by atoms with Gasteiger partial charge >= 0.3 is 0 Å². The number of para-hydroxylation sites is 2. The number of methoxy groups -OCH3 is 1. The molecule has 9 heteroatoms. The monoisotopic (exact) mass is 513 g/mol. The molecule has 0 fully saturated rings. The van der Waals surface area contributed by atoms with E-state index in [0.717, 1.165) is 16.8 Å². The second-order valence-corrected chi connectivity index (χ2v) is 8.47. The molecule has 0 aliphatic rings. The number of nitrogens with two attached hydrogens (primary N) is 2. The molecule has 1 amide bonds. The average Bonchev–Trinajstić information content (AvgIpc) is 2.93. The zero-order chi connectivity index (χ0) is 26.7. The summed E-state index contributed by atoms with van der Waals surface area (Å²) in [5, 5.41) is 6.00. The first-order valence-corrected chi connectivity index (χ1v) is 12.1. The van der Waals surface area contributed by atoms with Crippen molar-refractivity contribution in [3.05, 3.63) is 102 Å². The normalized spacial score (nSPS) is 10.6. The van der Waals surface area contributed by atoms with Crippen molar-refractivity contribution >= 4 is 28.8 Å². The van der Waals surface area contributed by atoms with E-state index in [9.17, 15) is 4.79 Å². The van der Waals surface area contributed by atoms with Gasteiger partial charge in [-0.1, -0.05) is 36.4 Å². The predicted molar refractivity (Wildman–Crippen MR) is 149 cm³/mol. The zero-order valence-electron chi connectivity index (χ0n) is 21.1. The van der Waals surface area contributed by atoms with E-state index in [1.54, 1.807) is 37.6 Å². The van der Waals surface area contributed by atoms with Crippen LogP contribution in [0.15, 0.2) is 85.1 Å². The van der Waals surface area contributed by atoms with E-state index in [1.165, 1.54) is 0 Å². The third kappa shape index (κ3) is 7.37. The van der Waals surface area contributed by atoms with Crippen molar-refractivity contribution in [1.82, 2.24) is 4.98 Å². The van der Waals surface area contributed by atoms with Gasteiger partial charge in [0.05, 0.1) is 18.5 Å². The summed E-state index contributed by atoms with van der Waals surface area (Å²) in [7, 11) is 1.64. The highest BCUT2D eigenvalue weighted by molar-refractivity contribution is 6.04. The Morgan fingerprint density at radius 1 is 0.842 bits per heavy atom. The van der Waals surface area contributed by atoms with Crippen molar-refractivity contribution in [1.29, 1.82) is 0 Å². The molecule has 4 rings (SSSR count). The van der Waals surface area contributed by atoms with Crippen molar-refractivity contribution < 1.29 is 19.0 Å². The molecule has 0 saturated carbocycles. The summed E-state index contributed by atoms with van der Waals surface area (Å²) in [6.45, 7) is 1.71. The third-order valence-electron chi connectivity index (χ3n) is 5.68. The van der Waals surface area contributed by atoms with Crippen LogP contribution >= 0.6 is 0 Å². The number of carbonyl (C=O) groups is 1. The standard InChI is InChI=1S/C29H31N5O4/c1-36-13-12-32-23-10-11-28(33-17-23)34-29(35)22-14-24(37-18-20-6-2-4-8-26(20)30)16-25(15-22)38-19-21-7-3-5-9-27(21)31/h2-11,14-17,32H,12-13,18-19,30-31H2,1H3,(H,33,34,35). The summed E-state index contributed by atoms with van der Waals surface area (Å²) in [4.78, 5) is 17.5. The second-order valence-electron chi connectivity index (χ2n) is 8.47. The van der Waals surface area contributed by atoms with Gasteiger partial charge in [0.15, 0.2) is 0 Å². The number of rotatable bonds is 12. The van der Waals surface area contributed by atoms with E-state index in [2.05, 4.69) is 15.6 Å². The lowest BCUT2D eigenvalue weighted by atomic mass is 10.1. The lowest BCUT2D eigenvalue weighted by molar-refractivity contribution is 0.102. The lowest BCUT2D eigenvalue weighted by Gasteiger charge is -2.14. The van der Waals surface area contributed by atoms with Crippen LogP contribution in [0.4, 0.5) is 22.9 Å². The number of anilines is 4. The van der Waals surface area contributed by atoms with Gasteiger partial charge in [-0.15, -0.1) is 0 Å². The van der Waals surface area contributed by atoms with Crippen LogP contribution in [-0.2, 0) is 18.0 Å². The average molecular weight is 514 g/mol. The number of benzene rings is 3. The number of hydrogen-bond acceptors (Lipinski definition) is 8. The van der Waals surface area contributed by atoms with Crippen molar-refractivity contribution in [2.45, 2.75) is 13.2 Å². The Morgan fingerprint density at radius 3 is 1.97 bits per heavy atom. The smallest absolute Gasteiger partial charge is 0.257 e. The van der Waals surface area contributed by atoms with Crippen LogP contribution < -0.4 is 31.6 Å². The van der Waals surface area contributed by atoms with Gasteiger partial charge in [-0.25, -0.2) is 4.98 Å². The zero-order valence-corrected chi connectivity index (χ0v) is 21.1. The second kappa shape index (κ2) is 13.0. The summed E-state index contributed by atoms with van der Waals surface area (Å²) < 4.78 is 17.0. The van der Waals surface area contributed by atoms with E-state index in [0.29, 0.717) is 47.4 Å². The number of aromatic nitrogens is 1. The Hall–Kier alpha value is -4.76. The Morgan fingerprint density at radius 2 is 1.45 bits per heavy atom. The number of nitrogens with one attached hydrogen (secondary N) is 2. The molecule has 0 bridgehead atoms. The van der Waals surface area contributed by atoms with E-state index < -0.39 is 0 Å². The van der Waals surface area contributed by atoms with E-state index in [4.69, 9.17) is 25.7 Å². The number of pyridine rings is 1. The van der Waals surface area contributed by atoms with Crippen LogP contribution in [-0.4, -0.2) is 31.2 Å². The van der Waals surface area contributed by atoms with Crippen LogP contribution in [0.5, 0.6) is 11.5 Å². The van der Waals surface area contributed by atoms with E-state index >= 15 is 0 Å². The maximum Gasteiger partial charge on any atom is 0.257 e. The quantitative estimate of drug-likeness (QED) is 0.158.